The number of pyridine rings is 1. The Morgan fingerprint density at radius 2 is 1.81 bits per heavy atom. The van der Waals surface area contributed by atoms with E-state index in [0.29, 0.717) is 17.9 Å². The van der Waals surface area contributed by atoms with Crippen LogP contribution in [0, 0.1) is 5.92 Å². The fourth-order valence-electron chi connectivity index (χ4n) is 2.20. The van der Waals surface area contributed by atoms with Gasteiger partial charge in [-0.3, -0.25) is 9.78 Å². The van der Waals surface area contributed by atoms with Gasteiger partial charge in [-0.25, -0.2) is 0 Å². The average molecular weight is 289 g/mol. The van der Waals surface area contributed by atoms with E-state index in [2.05, 4.69) is 4.98 Å². The first-order chi connectivity index (χ1) is 10.1. The standard InChI is InChI=1S/C16H19NO4/c1-10(16(18)21-4)7-12-6-5-11-8-14(19-2)15(20-3)9-13(11)17-12/h5-6,8-10H,7H2,1-4H3. The molecule has 0 saturated heterocycles. The number of fused-ring (bicyclic) bond motifs is 1. The molecule has 112 valence electrons. The Morgan fingerprint density at radius 1 is 1.14 bits per heavy atom. The van der Waals surface area contributed by atoms with Crippen molar-refractivity contribution < 1.29 is 19.0 Å². The number of methoxy groups -OCH3 is 3. The third-order valence-corrected chi connectivity index (χ3v) is 3.37. The van der Waals surface area contributed by atoms with Crippen LogP contribution in [-0.4, -0.2) is 32.3 Å². The summed E-state index contributed by atoms with van der Waals surface area (Å²) in [6.07, 6.45) is 0.539. The summed E-state index contributed by atoms with van der Waals surface area (Å²) in [5.41, 5.74) is 1.65. The van der Waals surface area contributed by atoms with E-state index in [9.17, 15) is 4.79 Å². The van der Waals surface area contributed by atoms with Gasteiger partial charge in [0, 0.05) is 23.6 Å². The third kappa shape index (κ3) is 3.24. The molecule has 0 spiro atoms. The Morgan fingerprint density at radius 3 is 2.43 bits per heavy atom. The van der Waals surface area contributed by atoms with Gasteiger partial charge < -0.3 is 14.2 Å². The first-order valence-electron chi connectivity index (χ1n) is 6.68. The maximum atomic E-state index is 11.5. The van der Waals surface area contributed by atoms with E-state index in [1.54, 1.807) is 14.2 Å². The molecule has 5 nitrogen and oxygen atoms in total. The molecule has 0 fully saturated rings. The normalized spacial score (nSPS) is 12.0. The van der Waals surface area contributed by atoms with E-state index in [4.69, 9.17) is 14.2 Å². The van der Waals surface area contributed by atoms with Crippen molar-refractivity contribution in [1.29, 1.82) is 0 Å². The molecule has 0 bridgehead atoms. The summed E-state index contributed by atoms with van der Waals surface area (Å²) in [5, 5.41) is 0.960. The molecule has 1 heterocycles. The summed E-state index contributed by atoms with van der Waals surface area (Å²) in [7, 11) is 4.58. The van der Waals surface area contributed by atoms with E-state index in [1.165, 1.54) is 7.11 Å². The first kappa shape index (κ1) is 15.1. The zero-order valence-corrected chi connectivity index (χ0v) is 12.7. The van der Waals surface area contributed by atoms with Gasteiger partial charge in [0.05, 0.1) is 32.8 Å². The molecule has 0 aliphatic heterocycles. The van der Waals surface area contributed by atoms with Crippen LogP contribution in [-0.2, 0) is 16.0 Å². The number of benzene rings is 1. The van der Waals surface area contributed by atoms with Gasteiger partial charge in [0.1, 0.15) is 0 Å². The van der Waals surface area contributed by atoms with Crippen LogP contribution in [0.1, 0.15) is 12.6 Å². The largest absolute Gasteiger partial charge is 0.493 e. The van der Waals surface area contributed by atoms with Crippen LogP contribution in [0.5, 0.6) is 11.5 Å². The molecule has 1 unspecified atom stereocenters. The van der Waals surface area contributed by atoms with Gasteiger partial charge in [-0.1, -0.05) is 13.0 Å². The Kier molecular flexibility index (Phi) is 4.62. The highest BCUT2D eigenvalue weighted by molar-refractivity contribution is 5.83. The lowest BCUT2D eigenvalue weighted by atomic mass is 10.0. The second-order valence-electron chi connectivity index (χ2n) is 4.83. The highest BCUT2D eigenvalue weighted by Gasteiger charge is 2.15. The summed E-state index contributed by atoms with van der Waals surface area (Å²) < 4.78 is 15.3. The minimum atomic E-state index is -0.232. The highest BCUT2D eigenvalue weighted by Crippen LogP contribution is 2.31. The maximum absolute atomic E-state index is 11.5. The van der Waals surface area contributed by atoms with E-state index in [-0.39, 0.29) is 11.9 Å². The van der Waals surface area contributed by atoms with Crippen LogP contribution < -0.4 is 9.47 Å². The predicted molar refractivity (Wildman–Crippen MR) is 79.7 cm³/mol. The van der Waals surface area contributed by atoms with Crippen molar-refractivity contribution in [3.63, 3.8) is 0 Å². The number of rotatable bonds is 5. The lowest BCUT2D eigenvalue weighted by Crippen LogP contribution is -2.15. The minimum absolute atomic E-state index is 0.222. The van der Waals surface area contributed by atoms with Crippen molar-refractivity contribution in [2.24, 2.45) is 5.92 Å². The number of carbonyl (C=O) groups is 1. The van der Waals surface area contributed by atoms with Crippen molar-refractivity contribution in [2.75, 3.05) is 21.3 Å². The summed E-state index contributed by atoms with van der Waals surface area (Å²) in [6, 6.07) is 7.59. The van der Waals surface area contributed by atoms with Gasteiger partial charge in [0.2, 0.25) is 0 Å². The fourth-order valence-corrected chi connectivity index (χ4v) is 2.20. The highest BCUT2D eigenvalue weighted by atomic mass is 16.5. The zero-order valence-electron chi connectivity index (χ0n) is 12.7. The van der Waals surface area contributed by atoms with Gasteiger partial charge in [-0.05, 0) is 12.1 Å². The Bertz CT molecular complexity index is 654. The summed E-state index contributed by atoms with van der Waals surface area (Å²) in [6.45, 7) is 1.83. The van der Waals surface area contributed by atoms with Crippen molar-refractivity contribution in [1.82, 2.24) is 4.98 Å². The van der Waals surface area contributed by atoms with Crippen molar-refractivity contribution in [3.8, 4) is 11.5 Å². The van der Waals surface area contributed by atoms with Gasteiger partial charge in [0.25, 0.3) is 0 Å². The number of ether oxygens (including phenoxy) is 3. The number of aromatic nitrogens is 1. The van der Waals surface area contributed by atoms with E-state index in [0.717, 1.165) is 16.6 Å². The van der Waals surface area contributed by atoms with Crippen LogP contribution in [0.15, 0.2) is 24.3 Å². The number of nitrogens with zero attached hydrogens (tertiary/aromatic N) is 1. The fraction of sp³-hybridized carbons (Fsp3) is 0.375. The molecule has 2 rings (SSSR count). The van der Waals surface area contributed by atoms with Gasteiger partial charge >= 0.3 is 5.97 Å². The predicted octanol–water partition coefficient (Wildman–Crippen LogP) is 2.60. The second-order valence-corrected chi connectivity index (χ2v) is 4.83. The van der Waals surface area contributed by atoms with Crippen LogP contribution in [0.4, 0.5) is 0 Å². The van der Waals surface area contributed by atoms with Crippen molar-refractivity contribution >= 4 is 16.9 Å². The average Bonchev–Trinajstić information content (AvgIpc) is 2.52. The van der Waals surface area contributed by atoms with E-state index in [1.807, 2.05) is 31.2 Å². The zero-order chi connectivity index (χ0) is 15.4. The molecule has 5 heteroatoms. The van der Waals surface area contributed by atoms with Crippen LogP contribution in [0.2, 0.25) is 0 Å². The molecule has 0 aliphatic rings. The molecule has 0 saturated carbocycles. The van der Waals surface area contributed by atoms with Gasteiger partial charge in [-0.15, -0.1) is 0 Å². The van der Waals surface area contributed by atoms with Crippen molar-refractivity contribution in [3.05, 3.63) is 30.0 Å². The Labute approximate surface area is 123 Å². The van der Waals surface area contributed by atoms with Crippen molar-refractivity contribution in [2.45, 2.75) is 13.3 Å². The molecule has 1 atom stereocenters. The molecule has 0 amide bonds. The number of hydrogen-bond acceptors (Lipinski definition) is 5. The Hall–Kier alpha value is -2.30. The molecule has 0 N–H and O–H groups in total. The number of carbonyl (C=O) groups excluding carboxylic acids is 1. The van der Waals surface area contributed by atoms with Gasteiger partial charge in [-0.2, -0.15) is 0 Å². The van der Waals surface area contributed by atoms with Crippen LogP contribution >= 0.6 is 0 Å². The molecule has 1 aromatic heterocycles. The SMILES string of the molecule is COC(=O)C(C)Cc1ccc2cc(OC)c(OC)cc2n1. The van der Waals surface area contributed by atoms with E-state index < -0.39 is 0 Å². The summed E-state index contributed by atoms with van der Waals surface area (Å²) >= 11 is 0. The van der Waals surface area contributed by atoms with E-state index >= 15 is 0 Å². The topological polar surface area (TPSA) is 57.7 Å². The molecule has 2 aromatic rings. The summed E-state index contributed by atoms with van der Waals surface area (Å²) in [4.78, 5) is 16.0. The molecular formula is C16H19NO4. The quantitative estimate of drug-likeness (QED) is 0.792. The number of esters is 1. The third-order valence-electron chi connectivity index (χ3n) is 3.37. The molecule has 0 aliphatic carbocycles. The van der Waals surface area contributed by atoms with Crippen LogP contribution in [0.25, 0.3) is 10.9 Å². The molecule has 21 heavy (non-hydrogen) atoms. The number of hydrogen-bond donors (Lipinski definition) is 0. The maximum Gasteiger partial charge on any atom is 0.308 e. The Balaban J connectivity index is 2.35. The second kappa shape index (κ2) is 6.43. The monoisotopic (exact) mass is 289 g/mol. The summed E-state index contributed by atoms with van der Waals surface area (Å²) in [5.74, 6) is 0.849. The molecule has 1 aromatic carbocycles. The smallest absolute Gasteiger partial charge is 0.308 e. The molecular weight excluding hydrogens is 270 g/mol. The van der Waals surface area contributed by atoms with Gasteiger partial charge in [0.15, 0.2) is 11.5 Å². The van der Waals surface area contributed by atoms with Crippen LogP contribution in [0.3, 0.4) is 0 Å². The lowest BCUT2D eigenvalue weighted by molar-refractivity contribution is -0.144. The first-order valence-corrected chi connectivity index (χ1v) is 6.68. The lowest BCUT2D eigenvalue weighted by Gasteiger charge is -2.11. The minimum Gasteiger partial charge on any atom is -0.493 e. The molecule has 0 radical (unpaired) electrons.